The highest BCUT2D eigenvalue weighted by Crippen LogP contribution is 2.55. The lowest BCUT2D eigenvalue weighted by atomic mass is 9.51. The number of ether oxygens (including phenoxy) is 1. The highest BCUT2D eigenvalue weighted by Gasteiger charge is 2.56. The highest BCUT2D eigenvalue weighted by molar-refractivity contribution is 6.30. The molecular weight excluding hydrogens is 426 g/mol. The topological polar surface area (TPSA) is 70.7 Å². The van der Waals surface area contributed by atoms with Crippen molar-refractivity contribution in [2.24, 2.45) is 17.8 Å². The van der Waals surface area contributed by atoms with Crippen LogP contribution in [0.4, 0.5) is 0 Å². The average molecular weight is 462 g/mol. The Morgan fingerprint density at radius 1 is 1.19 bits per heavy atom. The Hall–Kier alpha value is -1.79. The molecular formula is C25H36ClN3O3. The van der Waals surface area contributed by atoms with Crippen molar-refractivity contribution in [1.29, 1.82) is 0 Å². The molecule has 5 atom stereocenters. The molecule has 2 amide bonds. The fraction of sp³-hybridized carbons (Fsp3) is 0.680. The molecule has 4 aliphatic rings. The number of rotatable bonds is 7. The summed E-state index contributed by atoms with van der Waals surface area (Å²) in [6.07, 6.45) is 5.22. The third-order valence-electron chi connectivity index (χ3n) is 7.48. The predicted molar refractivity (Wildman–Crippen MR) is 126 cm³/mol. The molecule has 32 heavy (non-hydrogen) atoms. The van der Waals surface area contributed by atoms with Crippen molar-refractivity contribution in [3.05, 3.63) is 28.8 Å². The Morgan fingerprint density at radius 2 is 1.84 bits per heavy atom. The van der Waals surface area contributed by atoms with E-state index in [1.807, 2.05) is 51.9 Å². The number of likely N-dealkylation sites (N-methyl/N-ethyl adjacent to an activating group) is 1. The van der Waals surface area contributed by atoms with Gasteiger partial charge >= 0.3 is 0 Å². The zero-order valence-corrected chi connectivity index (χ0v) is 20.6. The molecule has 6 nitrogen and oxygen atoms in total. The minimum Gasteiger partial charge on any atom is -0.478 e. The van der Waals surface area contributed by atoms with Gasteiger partial charge in [-0.1, -0.05) is 11.6 Å². The van der Waals surface area contributed by atoms with Crippen LogP contribution in [0.1, 0.15) is 51.5 Å². The second-order valence-electron chi connectivity index (χ2n) is 11.1. The Kier molecular flexibility index (Phi) is 6.23. The first-order valence-corrected chi connectivity index (χ1v) is 12.1. The van der Waals surface area contributed by atoms with Gasteiger partial charge in [-0.05, 0) is 108 Å². The summed E-state index contributed by atoms with van der Waals surface area (Å²) >= 11 is 6.05. The maximum Gasteiger partial charge on any atom is 0.263 e. The summed E-state index contributed by atoms with van der Waals surface area (Å²) in [6, 6.07) is 5.58. The molecule has 0 saturated heterocycles. The standard InChI is InChI=1S/C25H36ClN3O3/c1-15-8-19(26)6-7-20(15)32-24(2,3)23(31)27-22-17-9-16-10-18(22)13-25(11-16,12-17)28-21(30)14-29(4)5/h6-8,16-18,22H,9-14H2,1-5H3,(H,27,31)(H,28,30)/t16?,17-,18+,22+,25+. The summed E-state index contributed by atoms with van der Waals surface area (Å²) in [5.74, 6) is 2.12. The molecule has 2 N–H and O–H groups in total. The maximum absolute atomic E-state index is 13.3. The lowest BCUT2D eigenvalue weighted by molar-refractivity contribution is -0.140. The van der Waals surface area contributed by atoms with Crippen LogP contribution in [0.25, 0.3) is 0 Å². The van der Waals surface area contributed by atoms with Crippen molar-refractivity contribution in [1.82, 2.24) is 15.5 Å². The molecule has 0 heterocycles. The minimum absolute atomic E-state index is 0.0879. The van der Waals surface area contributed by atoms with Crippen LogP contribution in [-0.4, -0.2) is 54.5 Å². The van der Waals surface area contributed by atoms with E-state index in [0.29, 0.717) is 35.1 Å². The number of benzene rings is 1. The average Bonchev–Trinajstić information content (AvgIpc) is 2.65. The van der Waals surface area contributed by atoms with E-state index in [2.05, 4.69) is 10.6 Å². The SMILES string of the molecule is Cc1cc(Cl)ccc1OC(C)(C)C(=O)N[C@H]1[C@@H]2CC3C[C@H]1C[C@](NC(=O)CN(C)C)(C3)C2. The Morgan fingerprint density at radius 3 is 2.44 bits per heavy atom. The Labute approximate surface area is 196 Å². The number of halogens is 1. The first kappa shape index (κ1) is 23.4. The molecule has 7 heteroatoms. The highest BCUT2D eigenvalue weighted by atomic mass is 35.5. The molecule has 176 valence electrons. The first-order valence-electron chi connectivity index (χ1n) is 11.7. The van der Waals surface area contributed by atoms with Crippen molar-refractivity contribution in [2.75, 3.05) is 20.6 Å². The van der Waals surface area contributed by atoms with Gasteiger partial charge in [0.2, 0.25) is 5.91 Å². The zero-order chi connectivity index (χ0) is 23.3. The molecule has 4 saturated carbocycles. The van der Waals surface area contributed by atoms with Crippen LogP contribution in [0, 0.1) is 24.7 Å². The molecule has 0 spiro atoms. The summed E-state index contributed by atoms with van der Waals surface area (Å²) < 4.78 is 6.12. The van der Waals surface area contributed by atoms with Gasteiger partial charge in [0.15, 0.2) is 5.60 Å². The summed E-state index contributed by atoms with van der Waals surface area (Å²) in [6.45, 7) is 5.97. The number of carbonyl (C=O) groups excluding carboxylic acids is 2. The summed E-state index contributed by atoms with van der Waals surface area (Å²) in [5.41, 5.74) is -0.189. The van der Waals surface area contributed by atoms with Gasteiger partial charge in [0.05, 0.1) is 6.54 Å². The Balaban J connectivity index is 1.42. The van der Waals surface area contributed by atoms with Gasteiger partial charge in [-0.2, -0.15) is 0 Å². The fourth-order valence-corrected chi connectivity index (χ4v) is 6.64. The van der Waals surface area contributed by atoms with Gasteiger partial charge < -0.3 is 20.3 Å². The van der Waals surface area contributed by atoms with Crippen LogP contribution in [0.2, 0.25) is 5.02 Å². The van der Waals surface area contributed by atoms with Crippen LogP contribution >= 0.6 is 11.6 Å². The Bertz CT molecular complexity index is 884. The largest absolute Gasteiger partial charge is 0.478 e. The number of aryl methyl sites for hydroxylation is 1. The zero-order valence-electron chi connectivity index (χ0n) is 19.8. The van der Waals surface area contributed by atoms with E-state index in [1.54, 1.807) is 6.07 Å². The van der Waals surface area contributed by atoms with E-state index in [9.17, 15) is 9.59 Å². The molecule has 4 aliphatic carbocycles. The number of hydrogen-bond donors (Lipinski definition) is 2. The molecule has 4 bridgehead atoms. The van der Waals surface area contributed by atoms with Crippen molar-refractivity contribution in [3.8, 4) is 5.75 Å². The smallest absolute Gasteiger partial charge is 0.263 e. The van der Waals surface area contributed by atoms with E-state index in [-0.39, 0.29) is 23.4 Å². The lowest BCUT2D eigenvalue weighted by Crippen LogP contribution is -2.68. The van der Waals surface area contributed by atoms with Gasteiger partial charge in [0, 0.05) is 16.6 Å². The van der Waals surface area contributed by atoms with Gasteiger partial charge in [-0.25, -0.2) is 0 Å². The third-order valence-corrected chi connectivity index (χ3v) is 7.72. The molecule has 1 aromatic carbocycles. The van der Waals surface area contributed by atoms with E-state index < -0.39 is 5.60 Å². The van der Waals surface area contributed by atoms with Crippen LogP contribution in [-0.2, 0) is 9.59 Å². The van der Waals surface area contributed by atoms with Gasteiger partial charge in [-0.15, -0.1) is 0 Å². The second-order valence-corrected chi connectivity index (χ2v) is 11.5. The van der Waals surface area contributed by atoms with Crippen molar-refractivity contribution < 1.29 is 14.3 Å². The first-order chi connectivity index (χ1) is 15.0. The fourth-order valence-electron chi connectivity index (χ4n) is 6.41. The molecule has 0 aliphatic heterocycles. The van der Waals surface area contributed by atoms with E-state index >= 15 is 0 Å². The summed E-state index contributed by atoms with van der Waals surface area (Å²) in [7, 11) is 3.83. The number of hydrogen-bond acceptors (Lipinski definition) is 4. The summed E-state index contributed by atoms with van der Waals surface area (Å²) in [5, 5.41) is 7.37. The molecule has 0 aromatic heterocycles. The van der Waals surface area contributed by atoms with Crippen molar-refractivity contribution >= 4 is 23.4 Å². The van der Waals surface area contributed by atoms with Gasteiger partial charge in [0.25, 0.3) is 5.91 Å². The van der Waals surface area contributed by atoms with Crippen LogP contribution in [0.15, 0.2) is 18.2 Å². The summed E-state index contributed by atoms with van der Waals surface area (Å²) in [4.78, 5) is 27.7. The van der Waals surface area contributed by atoms with E-state index in [1.165, 1.54) is 0 Å². The van der Waals surface area contributed by atoms with E-state index in [4.69, 9.17) is 16.3 Å². The molecule has 0 radical (unpaired) electrons. The van der Waals surface area contributed by atoms with Crippen LogP contribution in [0.3, 0.4) is 0 Å². The van der Waals surface area contributed by atoms with Crippen molar-refractivity contribution in [2.45, 2.75) is 70.1 Å². The number of carbonyl (C=O) groups is 2. The number of amides is 2. The van der Waals surface area contributed by atoms with Crippen molar-refractivity contribution in [3.63, 3.8) is 0 Å². The molecule has 1 aromatic rings. The minimum atomic E-state index is -0.995. The maximum atomic E-state index is 13.3. The van der Waals surface area contributed by atoms with Gasteiger partial charge in [0.1, 0.15) is 5.75 Å². The lowest BCUT2D eigenvalue weighted by Gasteiger charge is -2.60. The number of nitrogens with one attached hydrogen (secondary N) is 2. The second kappa shape index (κ2) is 8.53. The normalized spacial score (nSPS) is 31.0. The molecule has 4 fully saturated rings. The molecule has 1 unspecified atom stereocenters. The van der Waals surface area contributed by atoms with Gasteiger partial charge in [-0.3, -0.25) is 9.59 Å². The molecule has 5 rings (SSSR count). The predicted octanol–water partition coefficient (Wildman–Crippen LogP) is 3.55. The number of nitrogens with zero attached hydrogens (tertiary/aromatic N) is 1. The van der Waals surface area contributed by atoms with Crippen LogP contribution in [0.5, 0.6) is 5.75 Å². The quantitative estimate of drug-likeness (QED) is 0.651. The third kappa shape index (κ3) is 4.76. The van der Waals surface area contributed by atoms with Crippen LogP contribution < -0.4 is 15.4 Å². The van der Waals surface area contributed by atoms with E-state index in [0.717, 1.165) is 37.7 Å². The monoisotopic (exact) mass is 461 g/mol.